The molecule has 2 rings (SSSR count). The first-order valence-electron chi connectivity index (χ1n) is 7.19. The van der Waals surface area contributed by atoms with Crippen LogP contribution in [0.25, 0.3) is 0 Å². The Hall–Kier alpha value is -1.50. The lowest BCUT2D eigenvalue weighted by atomic mass is 9.87. The minimum absolute atomic E-state index is 0.0326. The molecule has 0 aromatic carbocycles. The highest BCUT2D eigenvalue weighted by Crippen LogP contribution is 2.27. The standard InChI is InChI=1S/C13H22N4O3/c1-3-8-17-12(14-15-16-17)9-20-11-6-4-10(5-7-11)13(18)19-2/h10-11H,3-9H2,1-2H3. The molecule has 0 bridgehead atoms. The van der Waals surface area contributed by atoms with E-state index in [0.29, 0.717) is 6.61 Å². The summed E-state index contributed by atoms with van der Waals surface area (Å²) in [6, 6.07) is 0. The van der Waals surface area contributed by atoms with Crippen molar-refractivity contribution in [1.82, 2.24) is 20.2 Å². The number of hydrogen-bond donors (Lipinski definition) is 0. The molecule has 20 heavy (non-hydrogen) atoms. The van der Waals surface area contributed by atoms with Crippen LogP contribution in [-0.4, -0.2) is 39.4 Å². The molecule has 1 aromatic heterocycles. The summed E-state index contributed by atoms with van der Waals surface area (Å²) in [5.41, 5.74) is 0. The van der Waals surface area contributed by atoms with Gasteiger partial charge in [0.2, 0.25) is 0 Å². The quantitative estimate of drug-likeness (QED) is 0.732. The lowest BCUT2D eigenvalue weighted by molar-refractivity contribution is -0.147. The van der Waals surface area contributed by atoms with Crippen LogP contribution in [0.5, 0.6) is 0 Å². The van der Waals surface area contributed by atoms with Crippen LogP contribution in [0.4, 0.5) is 0 Å². The average molecular weight is 282 g/mol. The molecule has 7 nitrogen and oxygen atoms in total. The molecule has 0 amide bonds. The van der Waals surface area contributed by atoms with Crippen molar-refractivity contribution in [1.29, 1.82) is 0 Å². The molecule has 1 aromatic rings. The van der Waals surface area contributed by atoms with Gasteiger partial charge in [-0.1, -0.05) is 6.92 Å². The number of hydrogen-bond acceptors (Lipinski definition) is 6. The van der Waals surface area contributed by atoms with Gasteiger partial charge in [0.15, 0.2) is 5.82 Å². The van der Waals surface area contributed by atoms with E-state index < -0.39 is 0 Å². The third-order valence-corrected chi connectivity index (χ3v) is 3.70. The monoisotopic (exact) mass is 282 g/mol. The zero-order chi connectivity index (χ0) is 14.4. The van der Waals surface area contributed by atoms with Crippen molar-refractivity contribution in [3.05, 3.63) is 5.82 Å². The van der Waals surface area contributed by atoms with Crippen LogP contribution in [-0.2, 0) is 27.4 Å². The normalized spacial score (nSPS) is 22.7. The molecule has 1 aliphatic carbocycles. The highest BCUT2D eigenvalue weighted by Gasteiger charge is 2.27. The number of aromatic nitrogens is 4. The predicted octanol–water partition coefficient (Wildman–Crippen LogP) is 1.33. The zero-order valence-electron chi connectivity index (χ0n) is 12.1. The fourth-order valence-electron chi connectivity index (χ4n) is 2.54. The Morgan fingerprint density at radius 3 is 2.75 bits per heavy atom. The number of carbonyl (C=O) groups excluding carboxylic acids is 1. The highest BCUT2D eigenvalue weighted by atomic mass is 16.5. The highest BCUT2D eigenvalue weighted by molar-refractivity contribution is 5.72. The molecule has 1 heterocycles. The molecule has 0 radical (unpaired) electrons. The van der Waals surface area contributed by atoms with Gasteiger partial charge < -0.3 is 9.47 Å². The van der Waals surface area contributed by atoms with Crippen LogP contribution in [0, 0.1) is 5.92 Å². The maximum Gasteiger partial charge on any atom is 0.308 e. The second-order valence-corrected chi connectivity index (χ2v) is 5.13. The molecule has 0 aliphatic heterocycles. The lowest BCUT2D eigenvalue weighted by Gasteiger charge is -2.26. The molecule has 1 fully saturated rings. The van der Waals surface area contributed by atoms with Gasteiger partial charge in [-0.25, -0.2) is 4.68 Å². The van der Waals surface area contributed by atoms with Gasteiger partial charge in [0.25, 0.3) is 0 Å². The van der Waals surface area contributed by atoms with E-state index in [2.05, 4.69) is 22.4 Å². The second-order valence-electron chi connectivity index (χ2n) is 5.13. The van der Waals surface area contributed by atoms with Crippen LogP contribution in [0.3, 0.4) is 0 Å². The van der Waals surface area contributed by atoms with E-state index in [1.807, 2.05) is 0 Å². The minimum atomic E-state index is -0.102. The Morgan fingerprint density at radius 1 is 1.35 bits per heavy atom. The smallest absolute Gasteiger partial charge is 0.308 e. The van der Waals surface area contributed by atoms with Crippen molar-refractivity contribution < 1.29 is 14.3 Å². The molecule has 0 spiro atoms. The van der Waals surface area contributed by atoms with Crippen molar-refractivity contribution in [2.75, 3.05) is 7.11 Å². The van der Waals surface area contributed by atoms with Crippen molar-refractivity contribution in [2.45, 2.75) is 58.3 Å². The SMILES string of the molecule is CCCn1nnnc1COC1CCC(C(=O)OC)CC1. The summed E-state index contributed by atoms with van der Waals surface area (Å²) < 4.78 is 12.4. The third kappa shape index (κ3) is 3.75. The molecule has 1 aliphatic rings. The van der Waals surface area contributed by atoms with Crippen molar-refractivity contribution in [3.63, 3.8) is 0 Å². The largest absolute Gasteiger partial charge is 0.469 e. The molecule has 112 valence electrons. The number of methoxy groups -OCH3 is 1. The van der Waals surface area contributed by atoms with Gasteiger partial charge in [-0.05, 0) is 42.5 Å². The first kappa shape index (κ1) is 14.9. The Bertz CT molecular complexity index is 427. The topological polar surface area (TPSA) is 79.1 Å². The fraction of sp³-hybridized carbons (Fsp3) is 0.846. The van der Waals surface area contributed by atoms with E-state index in [9.17, 15) is 4.79 Å². The number of carbonyl (C=O) groups is 1. The predicted molar refractivity (Wildman–Crippen MR) is 70.7 cm³/mol. The van der Waals surface area contributed by atoms with Gasteiger partial charge in [-0.3, -0.25) is 4.79 Å². The molecular formula is C13H22N4O3. The van der Waals surface area contributed by atoms with Crippen molar-refractivity contribution in [2.24, 2.45) is 5.92 Å². The first-order valence-corrected chi connectivity index (χ1v) is 7.19. The number of esters is 1. The molecule has 0 N–H and O–H groups in total. The molecular weight excluding hydrogens is 260 g/mol. The van der Waals surface area contributed by atoms with Gasteiger partial charge in [0.05, 0.1) is 19.1 Å². The molecule has 1 saturated carbocycles. The Morgan fingerprint density at radius 2 is 2.10 bits per heavy atom. The first-order chi connectivity index (χ1) is 9.74. The van der Waals surface area contributed by atoms with Crippen LogP contribution in [0.1, 0.15) is 44.9 Å². The van der Waals surface area contributed by atoms with Crippen LogP contribution in [0.2, 0.25) is 0 Å². The summed E-state index contributed by atoms with van der Waals surface area (Å²) >= 11 is 0. The van der Waals surface area contributed by atoms with Crippen molar-refractivity contribution >= 4 is 5.97 Å². The third-order valence-electron chi connectivity index (χ3n) is 3.70. The zero-order valence-corrected chi connectivity index (χ0v) is 12.1. The van der Waals surface area contributed by atoms with E-state index in [0.717, 1.165) is 44.5 Å². The number of aryl methyl sites for hydroxylation is 1. The summed E-state index contributed by atoms with van der Waals surface area (Å²) in [5.74, 6) is 0.697. The van der Waals surface area contributed by atoms with E-state index in [1.54, 1.807) is 4.68 Å². The second kappa shape index (κ2) is 7.33. The fourth-order valence-corrected chi connectivity index (χ4v) is 2.54. The van der Waals surface area contributed by atoms with E-state index >= 15 is 0 Å². The van der Waals surface area contributed by atoms with Gasteiger partial charge in [-0.15, -0.1) is 5.10 Å². The van der Waals surface area contributed by atoms with Crippen LogP contribution < -0.4 is 0 Å². The Kier molecular flexibility index (Phi) is 5.46. The number of ether oxygens (including phenoxy) is 2. The van der Waals surface area contributed by atoms with E-state index in [-0.39, 0.29) is 18.0 Å². The molecule has 0 atom stereocenters. The summed E-state index contributed by atoms with van der Waals surface area (Å²) in [6.45, 7) is 3.32. The van der Waals surface area contributed by atoms with E-state index in [4.69, 9.17) is 9.47 Å². The van der Waals surface area contributed by atoms with E-state index in [1.165, 1.54) is 7.11 Å². The summed E-state index contributed by atoms with van der Waals surface area (Å²) in [5, 5.41) is 11.6. The van der Waals surface area contributed by atoms with Crippen LogP contribution in [0.15, 0.2) is 0 Å². The average Bonchev–Trinajstić information content (AvgIpc) is 2.92. The minimum Gasteiger partial charge on any atom is -0.469 e. The van der Waals surface area contributed by atoms with Crippen LogP contribution >= 0.6 is 0 Å². The number of rotatable bonds is 6. The maximum atomic E-state index is 11.4. The number of tetrazole rings is 1. The summed E-state index contributed by atoms with van der Waals surface area (Å²) in [7, 11) is 1.44. The molecule has 0 saturated heterocycles. The summed E-state index contributed by atoms with van der Waals surface area (Å²) in [6.07, 6.45) is 4.60. The Labute approximate surface area is 118 Å². The Balaban J connectivity index is 1.76. The lowest BCUT2D eigenvalue weighted by Crippen LogP contribution is -2.27. The van der Waals surface area contributed by atoms with Crippen molar-refractivity contribution in [3.8, 4) is 0 Å². The number of nitrogens with zero attached hydrogens (tertiary/aromatic N) is 4. The maximum absolute atomic E-state index is 11.4. The molecule has 0 unspecified atom stereocenters. The van der Waals surface area contributed by atoms with Gasteiger partial charge in [0, 0.05) is 6.54 Å². The van der Waals surface area contributed by atoms with Gasteiger partial charge in [-0.2, -0.15) is 0 Å². The molecule has 7 heteroatoms. The van der Waals surface area contributed by atoms with Gasteiger partial charge >= 0.3 is 5.97 Å². The summed E-state index contributed by atoms with van der Waals surface area (Å²) in [4.78, 5) is 11.4. The van der Waals surface area contributed by atoms with Gasteiger partial charge in [0.1, 0.15) is 6.61 Å².